The Labute approximate surface area is 118 Å². The third-order valence-corrected chi connectivity index (χ3v) is 3.07. The van der Waals surface area contributed by atoms with Gasteiger partial charge in [0.25, 0.3) is 0 Å². The van der Waals surface area contributed by atoms with Crippen molar-refractivity contribution < 1.29 is 0 Å². The first-order valence-corrected chi connectivity index (χ1v) is 6.46. The van der Waals surface area contributed by atoms with Gasteiger partial charge in [-0.2, -0.15) is 5.26 Å². The highest BCUT2D eigenvalue weighted by Crippen LogP contribution is 2.28. The van der Waals surface area contributed by atoms with Gasteiger partial charge in [-0.15, -0.1) is 0 Å². The molecular weight excluding hydrogens is 250 g/mol. The summed E-state index contributed by atoms with van der Waals surface area (Å²) in [5.74, 6) is 1.62. The Morgan fingerprint density at radius 2 is 2.00 bits per heavy atom. The van der Waals surface area contributed by atoms with Crippen LogP contribution in [0.5, 0.6) is 0 Å². The Morgan fingerprint density at radius 3 is 2.65 bits per heavy atom. The Kier molecular flexibility index (Phi) is 4.51. The monoisotopic (exact) mass is 267 g/mol. The Balaban J connectivity index is 2.44. The smallest absolute Gasteiger partial charge is 0.141 e. The molecule has 1 aromatic heterocycles. The highest BCUT2D eigenvalue weighted by Gasteiger charge is 2.15. The molecule has 1 aromatic carbocycles. The normalized spacial score (nSPS) is 9.85. The van der Waals surface area contributed by atoms with Gasteiger partial charge in [-0.3, -0.25) is 0 Å². The highest BCUT2D eigenvalue weighted by atomic mass is 15.2. The predicted octanol–water partition coefficient (Wildman–Crippen LogP) is 2.88. The molecule has 2 aromatic rings. The topological polar surface area (TPSA) is 64.8 Å². The Morgan fingerprint density at radius 1 is 1.25 bits per heavy atom. The van der Waals surface area contributed by atoms with Crippen LogP contribution in [0.2, 0.25) is 0 Å². The lowest BCUT2D eigenvalue weighted by atomic mass is 10.2. The zero-order chi connectivity index (χ0) is 14.4. The maximum absolute atomic E-state index is 8.86. The predicted molar refractivity (Wildman–Crippen MR) is 80.0 cm³/mol. The van der Waals surface area contributed by atoms with Gasteiger partial charge in [0.1, 0.15) is 18.0 Å². The van der Waals surface area contributed by atoms with Gasteiger partial charge in [0.2, 0.25) is 0 Å². The average Bonchev–Trinajstić information content (AvgIpc) is 2.50. The average molecular weight is 267 g/mol. The van der Waals surface area contributed by atoms with E-state index < -0.39 is 0 Å². The van der Waals surface area contributed by atoms with E-state index in [4.69, 9.17) is 5.26 Å². The van der Waals surface area contributed by atoms with E-state index in [9.17, 15) is 0 Å². The molecule has 0 aliphatic rings. The molecular formula is C15H17N5. The van der Waals surface area contributed by atoms with Crippen LogP contribution in [0.1, 0.15) is 12.0 Å². The van der Waals surface area contributed by atoms with Crippen molar-refractivity contribution in [3.8, 4) is 6.07 Å². The first-order valence-electron chi connectivity index (χ1n) is 6.46. The van der Waals surface area contributed by atoms with Crippen LogP contribution in [0.15, 0.2) is 36.7 Å². The minimum atomic E-state index is 0.438. The second-order valence-corrected chi connectivity index (χ2v) is 4.32. The summed E-state index contributed by atoms with van der Waals surface area (Å²) in [6.07, 6.45) is 1.98. The van der Waals surface area contributed by atoms with E-state index in [1.165, 1.54) is 6.33 Å². The standard InChI is InChI=1S/C15H17N5/c1-12-14(17-2)18-11-19-15(12)20(10-6-9-16)13-7-4-3-5-8-13/h3-5,7-8,11H,6,10H2,1-2H3,(H,17,18,19). The van der Waals surface area contributed by atoms with Crippen LogP contribution in [0.25, 0.3) is 0 Å². The molecule has 0 saturated heterocycles. The number of hydrogen-bond donors (Lipinski definition) is 1. The SMILES string of the molecule is CNc1ncnc(N(CCC#N)c2ccccc2)c1C. The van der Waals surface area contributed by atoms with Crippen molar-refractivity contribution in [2.45, 2.75) is 13.3 Å². The van der Waals surface area contributed by atoms with Gasteiger partial charge < -0.3 is 10.2 Å². The number of aromatic nitrogens is 2. The number of nitrogens with one attached hydrogen (secondary N) is 1. The maximum atomic E-state index is 8.86. The summed E-state index contributed by atoms with van der Waals surface area (Å²) in [5, 5.41) is 11.9. The fourth-order valence-corrected chi connectivity index (χ4v) is 2.09. The van der Waals surface area contributed by atoms with Gasteiger partial charge in [0.05, 0.1) is 12.5 Å². The molecule has 0 unspecified atom stereocenters. The molecule has 5 heteroatoms. The van der Waals surface area contributed by atoms with Crippen LogP contribution < -0.4 is 10.2 Å². The third-order valence-electron chi connectivity index (χ3n) is 3.07. The number of rotatable bonds is 5. The van der Waals surface area contributed by atoms with E-state index in [0.717, 1.165) is 22.9 Å². The molecule has 1 N–H and O–H groups in total. The molecule has 20 heavy (non-hydrogen) atoms. The van der Waals surface area contributed by atoms with Crippen LogP contribution >= 0.6 is 0 Å². The summed E-state index contributed by atoms with van der Waals surface area (Å²) >= 11 is 0. The van der Waals surface area contributed by atoms with E-state index in [-0.39, 0.29) is 0 Å². The number of nitriles is 1. The zero-order valence-corrected chi connectivity index (χ0v) is 11.7. The number of benzene rings is 1. The van der Waals surface area contributed by atoms with Crippen LogP contribution in [-0.2, 0) is 0 Å². The summed E-state index contributed by atoms with van der Waals surface area (Å²) in [6, 6.07) is 12.1. The van der Waals surface area contributed by atoms with Crippen LogP contribution in [0.3, 0.4) is 0 Å². The van der Waals surface area contributed by atoms with E-state index in [1.807, 2.05) is 49.2 Å². The van der Waals surface area contributed by atoms with Crippen molar-refractivity contribution in [3.05, 3.63) is 42.2 Å². The summed E-state index contributed by atoms with van der Waals surface area (Å²) in [5.41, 5.74) is 1.99. The van der Waals surface area contributed by atoms with Gasteiger partial charge in [-0.25, -0.2) is 9.97 Å². The lowest BCUT2D eigenvalue weighted by Crippen LogP contribution is -2.21. The van der Waals surface area contributed by atoms with Gasteiger partial charge in [-0.1, -0.05) is 18.2 Å². The van der Waals surface area contributed by atoms with Crippen molar-refractivity contribution in [1.29, 1.82) is 5.26 Å². The highest BCUT2D eigenvalue weighted by molar-refractivity contribution is 5.66. The lowest BCUT2D eigenvalue weighted by molar-refractivity contribution is 0.912. The molecule has 102 valence electrons. The van der Waals surface area contributed by atoms with E-state index >= 15 is 0 Å². The Hall–Kier alpha value is -2.61. The van der Waals surface area contributed by atoms with Crippen molar-refractivity contribution in [1.82, 2.24) is 9.97 Å². The molecule has 0 fully saturated rings. The zero-order valence-electron chi connectivity index (χ0n) is 11.7. The Bertz CT molecular complexity index is 603. The molecule has 0 atom stereocenters. The van der Waals surface area contributed by atoms with Gasteiger partial charge in [-0.05, 0) is 19.1 Å². The van der Waals surface area contributed by atoms with Gasteiger partial charge >= 0.3 is 0 Å². The minimum absolute atomic E-state index is 0.438. The molecule has 0 radical (unpaired) electrons. The summed E-state index contributed by atoms with van der Waals surface area (Å²) in [7, 11) is 1.83. The summed E-state index contributed by atoms with van der Waals surface area (Å²) < 4.78 is 0. The largest absolute Gasteiger partial charge is 0.373 e. The van der Waals surface area contributed by atoms with Crippen molar-refractivity contribution in [3.63, 3.8) is 0 Å². The van der Waals surface area contributed by atoms with Crippen molar-refractivity contribution in [2.75, 3.05) is 23.8 Å². The minimum Gasteiger partial charge on any atom is -0.373 e. The summed E-state index contributed by atoms with van der Waals surface area (Å²) in [4.78, 5) is 10.6. The van der Waals surface area contributed by atoms with Crippen molar-refractivity contribution in [2.24, 2.45) is 0 Å². The molecule has 0 aliphatic heterocycles. The first-order chi connectivity index (χ1) is 9.77. The van der Waals surface area contributed by atoms with E-state index in [1.54, 1.807) is 0 Å². The van der Waals surface area contributed by atoms with E-state index in [0.29, 0.717) is 13.0 Å². The maximum Gasteiger partial charge on any atom is 0.141 e. The third kappa shape index (κ3) is 2.86. The van der Waals surface area contributed by atoms with Gasteiger partial charge in [0, 0.05) is 24.8 Å². The second-order valence-electron chi connectivity index (χ2n) is 4.32. The number of para-hydroxylation sites is 1. The fourth-order valence-electron chi connectivity index (χ4n) is 2.09. The molecule has 0 saturated carbocycles. The molecule has 0 amide bonds. The summed E-state index contributed by atoms with van der Waals surface area (Å²) in [6.45, 7) is 2.57. The van der Waals surface area contributed by atoms with Gasteiger partial charge in [0.15, 0.2) is 0 Å². The molecule has 5 nitrogen and oxygen atoms in total. The van der Waals surface area contributed by atoms with E-state index in [2.05, 4.69) is 21.4 Å². The molecule has 0 spiro atoms. The molecule has 1 heterocycles. The van der Waals surface area contributed by atoms with Crippen LogP contribution in [0.4, 0.5) is 17.3 Å². The number of nitrogens with zero attached hydrogens (tertiary/aromatic N) is 4. The lowest BCUT2D eigenvalue weighted by Gasteiger charge is -2.25. The van der Waals surface area contributed by atoms with Crippen molar-refractivity contribution >= 4 is 17.3 Å². The second kappa shape index (κ2) is 6.53. The van der Waals surface area contributed by atoms with Crippen LogP contribution in [-0.4, -0.2) is 23.6 Å². The molecule has 2 rings (SSSR count). The fraction of sp³-hybridized carbons (Fsp3) is 0.267. The molecule has 0 bridgehead atoms. The van der Waals surface area contributed by atoms with Crippen LogP contribution in [0, 0.1) is 18.3 Å². The quantitative estimate of drug-likeness (QED) is 0.902. The first kappa shape index (κ1) is 13.8. The number of hydrogen-bond acceptors (Lipinski definition) is 5. The molecule has 0 aliphatic carbocycles. The number of anilines is 3.